The third-order valence-corrected chi connectivity index (χ3v) is 5.01. The molecule has 1 heterocycles. The van der Waals surface area contributed by atoms with Gasteiger partial charge in [0.1, 0.15) is 5.75 Å². The van der Waals surface area contributed by atoms with Gasteiger partial charge in [-0.2, -0.15) is 0 Å². The maximum Gasteiger partial charge on any atom is 0.309 e. The van der Waals surface area contributed by atoms with Gasteiger partial charge in [-0.1, -0.05) is 6.92 Å². The number of amides is 1. The number of esters is 1. The maximum absolute atomic E-state index is 12.4. The van der Waals surface area contributed by atoms with Crippen LogP contribution in [0.4, 0.5) is 0 Å². The van der Waals surface area contributed by atoms with E-state index in [1.165, 1.54) is 0 Å². The van der Waals surface area contributed by atoms with E-state index in [4.69, 9.17) is 21.7 Å². The number of nitrogens with one attached hydrogen (secondary N) is 1. The Labute approximate surface area is 166 Å². The van der Waals surface area contributed by atoms with Gasteiger partial charge in [-0.3, -0.25) is 14.9 Å². The molecule has 0 aliphatic carbocycles. The van der Waals surface area contributed by atoms with Gasteiger partial charge in [-0.25, -0.2) is 0 Å². The van der Waals surface area contributed by atoms with E-state index < -0.39 is 0 Å². The van der Waals surface area contributed by atoms with Crippen molar-refractivity contribution in [1.82, 2.24) is 10.2 Å². The highest BCUT2D eigenvalue weighted by atomic mass is 32.1. The van der Waals surface area contributed by atoms with E-state index >= 15 is 0 Å². The lowest BCUT2D eigenvalue weighted by molar-refractivity contribution is -0.149. The molecule has 1 unspecified atom stereocenters. The fourth-order valence-corrected chi connectivity index (χ4v) is 3.10. The number of piperidine rings is 1. The zero-order chi connectivity index (χ0) is 19.8. The Morgan fingerprint density at radius 1 is 1.22 bits per heavy atom. The number of likely N-dealkylation sites (tertiary alicyclic amines) is 1. The number of hydrogen-bond donors (Lipinski definition) is 1. The van der Waals surface area contributed by atoms with Gasteiger partial charge in [0.2, 0.25) is 0 Å². The molecule has 0 radical (unpaired) electrons. The Morgan fingerprint density at radius 3 is 2.41 bits per heavy atom. The van der Waals surface area contributed by atoms with Crippen LogP contribution in [-0.4, -0.2) is 47.7 Å². The first kappa shape index (κ1) is 21.2. The highest BCUT2D eigenvalue weighted by Gasteiger charge is 2.27. The Balaban J connectivity index is 1.83. The standard InChI is InChI=1S/C20H28N2O4S/c1-4-14(3)26-17-8-6-15(7-9-17)18(23)21-20(27)22-12-10-16(11-13-22)19(24)25-5-2/h6-9,14,16H,4-5,10-13H2,1-3H3,(H,21,23,27). The molecule has 1 N–H and O–H groups in total. The summed E-state index contributed by atoms with van der Waals surface area (Å²) in [4.78, 5) is 26.1. The monoisotopic (exact) mass is 392 g/mol. The van der Waals surface area contributed by atoms with E-state index in [-0.39, 0.29) is 23.9 Å². The van der Waals surface area contributed by atoms with Crippen LogP contribution in [-0.2, 0) is 9.53 Å². The summed E-state index contributed by atoms with van der Waals surface area (Å²) in [6.07, 6.45) is 2.41. The average Bonchev–Trinajstić information content (AvgIpc) is 2.68. The predicted octanol–water partition coefficient (Wildman–Crippen LogP) is 3.15. The SMILES string of the molecule is CCOC(=O)C1CCN(C(=S)NC(=O)c2ccc(OC(C)CC)cc2)CC1. The first-order valence-corrected chi connectivity index (χ1v) is 9.89. The van der Waals surface area contributed by atoms with Crippen LogP contribution < -0.4 is 10.1 Å². The number of ether oxygens (including phenoxy) is 2. The molecule has 0 bridgehead atoms. The number of rotatable bonds is 6. The van der Waals surface area contributed by atoms with Crippen LogP contribution in [0.15, 0.2) is 24.3 Å². The molecule has 1 amide bonds. The zero-order valence-electron chi connectivity index (χ0n) is 16.2. The molecule has 1 aliphatic heterocycles. The summed E-state index contributed by atoms with van der Waals surface area (Å²) < 4.78 is 10.8. The van der Waals surface area contributed by atoms with Crippen molar-refractivity contribution in [3.8, 4) is 5.75 Å². The summed E-state index contributed by atoms with van der Waals surface area (Å²) in [5.74, 6) is 0.261. The average molecular weight is 393 g/mol. The van der Waals surface area contributed by atoms with Crippen LogP contribution in [0.2, 0.25) is 0 Å². The van der Waals surface area contributed by atoms with Crippen molar-refractivity contribution < 1.29 is 19.1 Å². The number of carbonyl (C=O) groups excluding carboxylic acids is 2. The summed E-state index contributed by atoms with van der Waals surface area (Å²) in [5, 5.41) is 3.16. The molecule has 6 nitrogen and oxygen atoms in total. The summed E-state index contributed by atoms with van der Waals surface area (Å²) in [5.41, 5.74) is 0.523. The van der Waals surface area contributed by atoms with E-state index in [1.54, 1.807) is 31.2 Å². The lowest BCUT2D eigenvalue weighted by Crippen LogP contribution is -2.47. The van der Waals surface area contributed by atoms with Crippen molar-refractivity contribution in [2.45, 2.75) is 46.1 Å². The van der Waals surface area contributed by atoms with Gasteiger partial charge >= 0.3 is 5.97 Å². The van der Waals surface area contributed by atoms with E-state index in [0.29, 0.717) is 43.2 Å². The molecule has 1 fully saturated rings. The highest BCUT2D eigenvalue weighted by Crippen LogP contribution is 2.19. The third kappa shape index (κ3) is 6.20. The highest BCUT2D eigenvalue weighted by molar-refractivity contribution is 7.80. The van der Waals surface area contributed by atoms with Crippen molar-refractivity contribution >= 4 is 29.2 Å². The molecular formula is C20H28N2O4S. The van der Waals surface area contributed by atoms with Gasteiger partial charge in [-0.05, 0) is 69.6 Å². The molecule has 1 aliphatic rings. The summed E-state index contributed by atoms with van der Waals surface area (Å²) >= 11 is 5.36. The topological polar surface area (TPSA) is 67.9 Å². The molecule has 148 valence electrons. The molecule has 7 heteroatoms. The second kappa shape index (κ2) is 10.3. The van der Waals surface area contributed by atoms with Gasteiger partial charge in [0.25, 0.3) is 5.91 Å². The minimum Gasteiger partial charge on any atom is -0.491 e. The predicted molar refractivity (Wildman–Crippen MR) is 108 cm³/mol. The number of nitrogens with zero attached hydrogens (tertiary/aromatic N) is 1. The molecule has 1 aromatic carbocycles. The van der Waals surface area contributed by atoms with Crippen LogP contribution in [0.3, 0.4) is 0 Å². The molecule has 1 aromatic rings. The fraction of sp³-hybridized carbons (Fsp3) is 0.550. The van der Waals surface area contributed by atoms with Gasteiger partial charge in [0.15, 0.2) is 5.11 Å². The van der Waals surface area contributed by atoms with Crippen molar-refractivity contribution in [1.29, 1.82) is 0 Å². The second-order valence-electron chi connectivity index (χ2n) is 6.63. The van der Waals surface area contributed by atoms with E-state index in [2.05, 4.69) is 12.2 Å². The van der Waals surface area contributed by atoms with Crippen LogP contribution in [0.5, 0.6) is 5.75 Å². The van der Waals surface area contributed by atoms with Crippen LogP contribution >= 0.6 is 12.2 Å². The van der Waals surface area contributed by atoms with E-state index in [9.17, 15) is 9.59 Å². The van der Waals surface area contributed by atoms with Crippen LogP contribution in [0.1, 0.15) is 50.4 Å². The van der Waals surface area contributed by atoms with Gasteiger partial charge in [0.05, 0.1) is 18.6 Å². The third-order valence-electron chi connectivity index (χ3n) is 4.65. The first-order chi connectivity index (χ1) is 12.9. The minimum absolute atomic E-state index is 0.0854. The molecule has 1 atom stereocenters. The Kier molecular flexibility index (Phi) is 8.03. The van der Waals surface area contributed by atoms with E-state index in [0.717, 1.165) is 12.2 Å². The number of benzene rings is 1. The molecule has 1 saturated heterocycles. The zero-order valence-corrected chi connectivity index (χ0v) is 17.0. The Hall–Kier alpha value is -2.15. The largest absolute Gasteiger partial charge is 0.491 e. The molecule has 0 aromatic heterocycles. The summed E-state index contributed by atoms with van der Waals surface area (Å²) in [6, 6.07) is 7.02. The number of carbonyl (C=O) groups is 2. The summed E-state index contributed by atoms with van der Waals surface area (Å²) in [7, 11) is 0. The van der Waals surface area contributed by atoms with Crippen LogP contribution in [0, 0.1) is 5.92 Å². The number of hydrogen-bond acceptors (Lipinski definition) is 5. The van der Waals surface area contributed by atoms with Crippen molar-refractivity contribution in [2.24, 2.45) is 5.92 Å². The molecule has 0 spiro atoms. The Morgan fingerprint density at radius 2 is 1.85 bits per heavy atom. The smallest absolute Gasteiger partial charge is 0.309 e. The normalized spacial score (nSPS) is 15.7. The first-order valence-electron chi connectivity index (χ1n) is 9.48. The van der Waals surface area contributed by atoms with Crippen molar-refractivity contribution in [3.63, 3.8) is 0 Å². The van der Waals surface area contributed by atoms with Gasteiger partial charge in [0, 0.05) is 18.7 Å². The Bertz CT molecular complexity index is 654. The van der Waals surface area contributed by atoms with E-state index in [1.807, 2.05) is 11.8 Å². The maximum atomic E-state index is 12.4. The van der Waals surface area contributed by atoms with Gasteiger partial charge < -0.3 is 14.4 Å². The minimum atomic E-state index is -0.248. The molecule has 2 rings (SSSR count). The van der Waals surface area contributed by atoms with Gasteiger partial charge in [-0.15, -0.1) is 0 Å². The lowest BCUT2D eigenvalue weighted by atomic mass is 9.97. The molecule has 27 heavy (non-hydrogen) atoms. The fourth-order valence-electron chi connectivity index (χ4n) is 2.83. The van der Waals surface area contributed by atoms with Crippen LogP contribution in [0.25, 0.3) is 0 Å². The number of thiocarbonyl (C=S) groups is 1. The molecule has 0 saturated carbocycles. The second-order valence-corrected chi connectivity index (χ2v) is 7.02. The van der Waals surface area contributed by atoms with Crippen molar-refractivity contribution in [3.05, 3.63) is 29.8 Å². The van der Waals surface area contributed by atoms with Crippen molar-refractivity contribution in [2.75, 3.05) is 19.7 Å². The lowest BCUT2D eigenvalue weighted by Gasteiger charge is -2.32. The molecular weight excluding hydrogens is 364 g/mol. The quantitative estimate of drug-likeness (QED) is 0.593. The summed E-state index contributed by atoms with van der Waals surface area (Å²) in [6.45, 7) is 7.52.